The minimum absolute atomic E-state index is 0.00112. The summed E-state index contributed by atoms with van der Waals surface area (Å²) < 4.78 is 21.6. The van der Waals surface area contributed by atoms with Crippen molar-refractivity contribution in [3.8, 4) is 5.75 Å². The number of carbonyl (C=O) groups is 1. The Morgan fingerprint density at radius 2 is 2.12 bits per heavy atom. The molecule has 0 spiro atoms. The quantitative estimate of drug-likeness (QED) is 0.339. The van der Waals surface area contributed by atoms with E-state index in [4.69, 9.17) is 10.5 Å². The maximum absolute atomic E-state index is 14.6. The third kappa shape index (κ3) is 4.83. The second-order valence-electron chi connectivity index (χ2n) is 7.66. The molecule has 0 aliphatic heterocycles. The second-order valence-corrected chi connectivity index (χ2v) is 8.51. The summed E-state index contributed by atoms with van der Waals surface area (Å²) in [5, 5.41) is 5.68. The number of methoxy groups -OCH3 is 1. The number of imidazole rings is 1. The Morgan fingerprint density at radius 3 is 2.84 bits per heavy atom. The number of benzene rings is 1. The van der Waals surface area contributed by atoms with Crippen molar-refractivity contribution < 1.29 is 13.9 Å². The van der Waals surface area contributed by atoms with Crippen LogP contribution < -0.4 is 21.1 Å². The van der Waals surface area contributed by atoms with Gasteiger partial charge in [-0.25, -0.2) is 9.37 Å². The molecule has 1 aromatic carbocycles. The lowest BCUT2D eigenvalue weighted by molar-refractivity contribution is -0.117. The van der Waals surface area contributed by atoms with Crippen LogP contribution in [-0.4, -0.2) is 28.7 Å². The molecule has 3 aromatic rings. The molecule has 32 heavy (non-hydrogen) atoms. The molecule has 1 fully saturated rings. The molecule has 0 bridgehead atoms. The van der Waals surface area contributed by atoms with E-state index >= 15 is 0 Å². The topological polar surface area (TPSA) is 93.7 Å². The zero-order chi connectivity index (χ0) is 22.7. The van der Waals surface area contributed by atoms with E-state index in [2.05, 4.69) is 27.9 Å². The molecule has 9 heteroatoms. The SMILES string of the molecule is COc1ccc(SC)c(CNC(=O)/C(N)=C/NCc2cn3cc(C4CC4)ccc3n2)c1F. The van der Waals surface area contributed by atoms with Crippen LogP contribution in [0, 0.1) is 5.82 Å². The third-order valence-electron chi connectivity index (χ3n) is 5.41. The van der Waals surface area contributed by atoms with Gasteiger partial charge in [-0.2, -0.15) is 0 Å². The van der Waals surface area contributed by atoms with Crippen molar-refractivity contribution in [1.82, 2.24) is 20.0 Å². The van der Waals surface area contributed by atoms with E-state index < -0.39 is 11.7 Å². The minimum Gasteiger partial charge on any atom is -0.494 e. The highest BCUT2D eigenvalue weighted by atomic mass is 32.2. The summed E-state index contributed by atoms with van der Waals surface area (Å²) in [6, 6.07) is 7.48. The summed E-state index contributed by atoms with van der Waals surface area (Å²) in [4.78, 5) is 17.6. The molecule has 1 amide bonds. The standard InChI is InChI=1S/C23H26FN5O2S/c1-31-19-6-7-20(32-2)17(22(19)24)10-27-23(30)18(25)11-26-9-16-13-29-12-15(14-3-4-14)5-8-21(29)28-16/h5-8,11-14,26H,3-4,9-10,25H2,1-2H3,(H,27,30)/b18-11-. The summed E-state index contributed by atoms with van der Waals surface area (Å²) in [7, 11) is 1.40. The number of nitrogens with two attached hydrogens (primary N) is 1. The predicted octanol–water partition coefficient (Wildman–Crippen LogP) is 3.29. The molecular formula is C23H26FN5O2S. The zero-order valence-corrected chi connectivity index (χ0v) is 18.8. The molecule has 1 aliphatic rings. The number of halogens is 1. The van der Waals surface area contributed by atoms with E-state index in [9.17, 15) is 9.18 Å². The van der Waals surface area contributed by atoms with E-state index in [0.717, 1.165) is 16.2 Å². The van der Waals surface area contributed by atoms with Gasteiger partial charge < -0.3 is 25.5 Å². The normalized spacial score (nSPS) is 13.9. The Hall–Kier alpha value is -3.20. The second kappa shape index (κ2) is 9.52. The van der Waals surface area contributed by atoms with Crippen LogP contribution in [0.2, 0.25) is 0 Å². The highest BCUT2D eigenvalue weighted by molar-refractivity contribution is 7.98. The number of carbonyl (C=O) groups excluding carboxylic acids is 1. The summed E-state index contributed by atoms with van der Waals surface area (Å²) >= 11 is 1.39. The number of thioether (sulfide) groups is 1. The molecule has 1 aliphatic carbocycles. The van der Waals surface area contributed by atoms with Gasteiger partial charge in [0, 0.05) is 35.6 Å². The molecule has 4 rings (SSSR count). The van der Waals surface area contributed by atoms with Crippen LogP contribution in [0.3, 0.4) is 0 Å². The molecule has 0 saturated heterocycles. The first-order valence-corrected chi connectivity index (χ1v) is 11.6. The molecule has 7 nitrogen and oxygen atoms in total. The van der Waals surface area contributed by atoms with Crippen LogP contribution in [-0.2, 0) is 17.9 Å². The molecule has 2 heterocycles. The minimum atomic E-state index is -0.490. The van der Waals surface area contributed by atoms with Crippen molar-refractivity contribution >= 4 is 23.3 Å². The summed E-state index contributed by atoms with van der Waals surface area (Å²) in [5.41, 5.74) is 9.30. The fourth-order valence-corrected chi connectivity index (χ4v) is 4.11. The van der Waals surface area contributed by atoms with Crippen LogP contribution in [0.25, 0.3) is 5.65 Å². The average molecular weight is 456 g/mol. The van der Waals surface area contributed by atoms with Crippen molar-refractivity contribution in [2.24, 2.45) is 5.73 Å². The number of fused-ring (bicyclic) bond motifs is 1. The van der Waals surface area contributed by atoms with Crippen molar-refractivity contribution in [3.05, 3.63) is 71.2 Å². The fraction of sp³-hybridized carbons (Fsp3) is 0.304. The highest BCUT2D eigenvalue weighted by Gasteiger charge is 2.23. The molecule has 1 saturated carbocycles. The van der Waals surface area contributed by atoms with E-state index in [1.807, 2.05) is 22.9 Å². The van der Waals surface area contributed by atoms with Gasteiger partial charge in [0.25, 0.3) is 5.91 Å². The van der Waals surface area contributed by atoms with E-state index in [-0.39, 0.29) is 18.0 Å². The molecule has 4 N–H and O–H groups in total. The Labute approximate surface area is 190 Å². The van der Waals surface area contributed by atoms with Gasteiger partial charge in [0.2, 0.25) is 0 Å². The lowest BCUT2D eigenvalue weighted by atomic mass is 10.2. The van der Waals surface area contributed by atoms with Gasteiger partial charge in [0.05, 0.1) is 19.3 Å². The van der Waals surface area contributed by atoms with Gasteiger partial charge in [-0.3, -0.25) is 4.79 Å². The number of rotatable bonds is 9. The highest BCUT2D eigenvalue weighted by Crippen LogP contribution is 2.39. The van der Waals surface area contributed by atoms with Crippen LogP contribution >= 0.6 is 11.8 Å². The van der Waals surface area contributed by atoms with Gasteiger partial charge in [-0.15, -0.1) is 11.8 Å². The number of aromatic nitrogens is 2. The number of ether oxygens (including phenoxy) is 1. The first kappa shape index (κ1) is 22.0. The third-order valence-corrected chi connectivity index (χ3v) is 6.23. The molecule has 168 valence electrons. The molecule has 0 atom stereocenters. The lowest BCUT2D eigenvalue weighted by Crippen LogP contribution is -2.30. The summed E-state index contributed by atoms with van der Waals surface area (Å²) in [6.45, 7) is 0.428. The lowest BCUT2D eigenvalue weighted by Gasteiger charge is -2.13. The Bertz CT molecular complexity index is 1170. The van der Waals surface area contributed by atoms with Crippen LogP contribution in [0.1, 0.15) is 35.6 Å². The number of nitrogens with one attached hydrogen (secondary N) is 2. The van der Waals surface area contributed by atoms with Gasteiger partial charge >= 0.3 is 0 Å². The average Bonchev–Trinajstić information content (AvgIpc) is 3.57. The number of hydrogen-bond donors (Lipinski definition) is 3. The van der Waals surface area contributed by atoms with Crippen molar-refractivity contribution in [1.29, 1.82) is 0 Å². The Kier molecular flexibility index (Phi) is 6.55. The van der Waals surface area contributed by atoms with Gasteiger partial charge in [-0.1, -0.05) is 6.07 Å². The molecular weight excluding hydrogens is 429 g/mol. The monoisotopic (exact) mass is 455 g/mol. The first-order chi connectivity index (χ1) is 15.5. The van der Waals surface area contributed by atoms with Gasteiger partial charge in [0.1, 0.15) is 11.3 Å². The first-order valence-electron chi connectivity index (χ1n) is 10.3. The van der Waals surface area contributed by atoms with Crippen LogP contribution in [0.15, 0.2) is 53.5 Å². The predicted molar refractivity (Wildman–Crippen MR) is 123 cm³/mol. The molecule has 0 unspecified atom stereocenters. The Balaban J connectivity index is 1.34. The van der Waals surface area contributed by atoms with E-state index in [1.165, 1.54) is 43.5 Å². The number of hydrogen-bond acceptors (Lipinski definition) is 6. The van der Waals surface area contributed by atoms with Crippen LogP contribution in [0.4, 0.5) is 4.39 Å². The maximum Gasteiger partial charge on any atom is 0.268 e. The van der Waals surface area contributed by atoms with Crippen LogP contribution in [0.5, 0.6) is 5.75 Å². The number of pyridine rings is 1. The van der Waals surface area contributed by atoms with Crippen molar-refractivity contribution in [2.75, 3.05) is 13.4 Å². The van der Waals surface area contributed by atoms with Crippen molar-refractivity contribution in [3.63, 3.8) is 0 Å². The number of nitrogens with zero attached hydrogens (tertiary/aromatic N) is 2. The Morgan fingerprint density at radius 1 is 1.31 bits per heavy atom. The smallest absolute Gasteiger partial charge is 0.268 e. The van der Waals surface area contributed by atoms with Gasteiger partial charge in [0.15, 0.2) is 11.6 Å². The van der Waals surface area contributed by atoms with Gasteiger partial charge in [-0.05, 0) is 48.8 Å². The van der Waals surface area contributed by atoms with E-state index in [0.29, 0.717) is 18.0 Å². The van der Waals surface area contributed by atoms with E-state index in [1.54, 1.807) is 12.1 Å². The molecule has 2 aromatic heterocycles. The number of amides is 1. The zero-order valence-electron chi connectivity index (χ0n) is 18.0. The maximum atomic E-state index is 14.6. The fourth-order valence-electron chi connectivity index (χ4n) is 3.50. The largest absolute Gasteiger partial charge is 0.494 e. The summed E-state index contributed by atoms with van der Waals surface area (Å²) in [5.74, 6) is -0.163. The summed E-state index contributed by atoms with van der Waals surface area (Å²) in [6.07, 6.45) is 9.88. The van der Waals surface area contributed by atoms with Crippen molar-refractivity contribution in [2.45, 2.75) is 36.7 Å². The molecule has 0 radical (unpaired) electrons.